The van der Waals surface area contributed by atoms with Crippen LogP contribution in [0, 0.1) is 5.41 Å². The van der Waals surface area contributed by atoms with Gasteiger partial charge in [0.25, 0.3) is 0 Å². The molecule has 2 fully saturated rings. The number of hydrogen-bond acceptors (Lipinski definition) is 4. The molecule has 0 aliphatic carbocycles. The van der Waals surface area contributed by atoms with Crippen LogP contribution in [0.4, 0.5) is 0 Å². The van der Waals surface area contributed by atoms with Crippen LogP contribution in [0.5, 0.6) is 0 Å². The molecule has 2 heterocycles. The van der Waals surface area contributed by atoms with Gasteiger partial charge in [-0.1, -0.05) is 0 Å². The number of rotatable bonds is 5. The second-order valence-corrected chi connectivity index (χ2v) is 5.92. The summed E-state index contributed by atoms with van der Waals surface area (Å²) in [6.07, 6.45) is 5.20. The maximum absolute atomic E-state index is 5.69. The standard InChI is InChI=1S/C13H25NO2S/c1-14(9-12-3-2-6-16-12)10-13(11-17)4-7-15-8-5-13/h12,17H,2-11H2,1H3. The minimum Gasteiger partial charge on any atom is -0.381 e. The largest absolute Gasteiger partial charge is 0.381 e. The highest BCUT2D eigenvalue weighted by Crippen LogP contribution is 2.32. The number of thiol groups is 1. The molecule has 0 saturated carbocycles. The molecule has 2 saturated heterocycles. The first-order valence-corrected chi connectivity index (χ1v) is 7.36. The average molecular weight is 259 g/mol. The molecule has 2 rings (SSSR count). The smallest absolute Gasteiger partial charge is 0.0702 e. The zero-order valence-electron chi connectivity index (χ0n) is 10.9. The Morgan fingerprint density at radius 2 is 2.06 bits per heavy atom. The second kappa shape index (κ2) is 6.41. The summed E-state index contributed by atoms with van der Waals surface area (Å²) >= 11 is 4.56. The van der Waals surface area contributed by atoms with Crippen LogP contribution in [0.2, 0.25) is 0 Å². The SMILES string of the molecule is CN(CC1CCCO1)CC1(CS)CCOCC1. The van der Waals surface area contributed by atoms with Gasteiger partial charge in [0, 0.05) is 32.9 Å². The third-order valence-electron chi connectivity index (χ3n) is 4.03. The van der Waals surface area contributed by atoms with Gasteiger partial charge >= 0.3 is 0 Å². The van der Waals surface area contributed by atoms with Gasteiger partial charge in [-0.3, -0.25) is 0 Å². The van der Waals surface area contributed by atoms with Crippen LogP contribution >= 0.6 is 12.6 Å². The third kappa shape index (κ3) is 3.85. The Bertz CT molecular complexity index is 225. The van der Waals surface area contributed by atoms with Gasteiger partial charge < -0.3 is 14.4 Å². The molecule has 100 valence electrons. The first kappa shape index (κ1) is 13.7. The molecular formula is C13H25NO2S. The van der Waals surface area contributed by atoms with Crippen molar-refractivity contribution in [1.82, 2.24) is 4.90 Å². The van der Waals surface area contributed by atoms with Gasteiger partial charge in [-0.25, -0.2) is 0 Å². The van der Waals surface area contributed by atoms with Crippen molar-refractivity contribution < 1.29 is 9.47 Å². The van der Waals surface area contributed by atoms with Crippen molar-refractivity contribution in [2.75, 3.05) is 45.7 Å². The summed E-state index contributed by atoms with van der Waals surface area (Å²) in [5, 5.41) is 0. The van der Waals surface area contributed by atoms with E-state index < -0.39 is 0 Å². The molecular weight excluding hydrogens is 234 g/mol. The average Bonchev–Trinajstić information content (AvgIpc) is 2.83. The van der Waals surface area contributed by atoms with Crippen molar-refractivity contribution in [3.8, 4) is 0 Å². The summed E-state index contributed by atoms with van der Waals surface area (Å²) in [6.45, 7) is 4.93. The maximum atomic E-state index is 5.69. The number of hydrogen-bond donors (Lipinski definition) is 1. The molecule has 1 unspecified atom stereocenters. The third-order valence-corrected chi connectivity index (χ3v) is 4.70. The Kier molecular flexibility index (Phi) is 5.15. The fourth-order valence-corrected chi connectivity index (χ4v) is 3.36. The normalized spacial score (nSPS) is 28.8. The lowest BCUT2D eigenvalue weighted by Gasteiger charge is -2.39. The van der Waals surface area contributed by atoms with E-state index in [0.717, 1.165) is 51.5 Å². The Balaban J connectivity index is 1.80. The molecule has 0 radical (unpaired) electrons. The lowest BCUT2D eigenvalue weighted by molar-refractivity contribution is 0.00264. The fourth-order valence-electron chi connectivity index (χ4n) is 2.94. The van der Waals surface area contributed by atoms with E-state index in [4.69, 9.17) is 9.47 Å². The van der Waals surface area contributed by atoms with Crippen LogP contribution in [-0.2, 0) is 9.47 Å². The van der Waals surface area contributed by atoms with Crippen LogP contribution in [0.3, 0.4) is 0 Å². The molecule has 0 amide bonds. The lowest BCUT2D eigenvalue weighted by atomic mass is 9.81. The van der Waals surface area contributed by atoms with E-state index >= 15 is 0 Å². The predicted molar refractivity (Wildman–Crippen MR) is 72.8 cm³/mol. The van der Waals surface area contributed by atoms with Gasteiger partial charge in [0.1, 0.15) is 0 Å². The highest BCUT2D eigenvalue weighted by molar-refractivity contribution is 7.80. The van der Waals surface area contributed by atoms with Gasteiger partial charge in [0.05, 0.1) is 6.10 Å². The molecule has 0 aromatic rings. The van der Waals surface area contributed by atoms with Gasteiger partial charge in [-0.15, -0.1) is 0 Å². The lowest BCUT2D eigenvalue weighted by Crippen LogP contribution is -2.43. The number of ether oxygens (including phenoxy) is 2. The van der Waals surface area contributed by atoms with Crippen molar-refractivity contribution in [1.29, 1.82) is 0 Å². The first-order valence-electron chi connectivity index (χ1n) is 6.73. The van der Waals surface area contributed by atoms with E-state index in [0.29, 0.717) is 11.5 Å². The molecule has 17 heavy (non-hydrogen) atoms. The molecule has 1 atom stereocenters. The highest BCUT2D eigenvalue weighted by Gasteiger charge is 2.33. The summed E-state index contributed by atoms with van der Waals surface area (Å²) in [6, 6.07) is 0. The first-order chi connectivity index (χ1) is 8.24. The summed E-state index contributed by atoms with van der Waals surface area (Å²) in [5.41, 5.74) is 0.356. The van der Waals surface area contributed by atoms with Gasteiger partial charge in [0.2, 0.25) is 0 Å². The summed E-state index contributed by atoms with van der Waals surface area (Å²) < 4.78 is 11.2. The summed E-state index contributed by atoms with van der Waals surface area (Å²) in [7, 11) is 2.21. The second-order valence-electron chi connectivity index (χ2n) is 5.60. The van der Waals surface area contributed by atoms with Gasteiger partial charge in [-0.2, -0.15) is 12.6 Å². The molecule has 4 heteroatoms. The minimum absolute atomic E-state index is 0.356. The van der Waals surface area contributed by atoms with Crippen LogP contribution in [0.25, 0.3) is 0 Å². The van der Waals surface area contributed by atoms with Crippen LogP contribution in [0.15, 0.2) is 0 Å². The van der Waals surface area contributed by atoms with Crippen molar-refractivity contribution >= 4 is 12.6 Å². The molecule has 2 aliphatic heterocycles. The van der Waals surface area contributed by atoms with E-state index in [1.54, 1.807) is 0 Å². The van der Waals surface area contributed by atoms with E-state index in [1.165, 1.54) is 12.8 Å². The van der Waals surface area contributed by atoms with E-state index in [9.17, 15) is 0 Å². The maximum Gasteiger partial charge on any atom is 0.0702 e. The molecule has 2 aliphatic rings. The van der Waals surface area contributed by atoms with Crippen LogP contribution < -0.4 is 0 Å². The monoisotopic (exact) mass is 259 g/mol. The van der Waals surface area contributed by atoms with Crippen molar-refractivity contribution in [2.45, 2.75) is 31.8 Å². The van der Waals surface area contributed by atoms with E-state index in [1.807, 2.05) is 0 Å². The zero-order valence-corrected chi connectivity index (χ0v) is 11.8. The zero-order chi connectivity index (χ0) is 12.1. The van der Waals surface area contributed by atoms with E-state index in [2.05, 4.69) is 24.6 Å². The van der Waals surface area contributed by atoms with Crippen molar-refractivity contribution in [3.05, 3.63) is 0 Å². The fraction of sp³-hybridized carbons (Fsp3) is 1.00. The molecule has 0 aromatic carbocycles. The van der Waals surface area contributed by atoms with Crippen molar-refractivity contribution in [3.63, 3.8) is 0 Å². The molecule has 0 aromatic heterocycles. The van der Waals surface area contributed by atoms with Gasteiger partial charge in [-0.05, 0) is 43.9 Å². The summed E-state index contributed by atoms with van der Waals surface area (Å²) in [5.74, 6) is 0.965. The topological polar surface area (TPSA) is 21.7 Å². The predicted octanol–water partition coefficient (Wildman–Crippen LogP) is 1.82. The Morgan fingerprint density at radius 3 is 2.65 bits per heavy atom. The van der Waals surface area contributed by atoms with Gasteiger partial charge in [0.15, 0.2) is 0 Å². The Morgan fingerprint density at radius 1 is 1.29 bits per heavy atom. The Hall–Kier alpha value is 0.230. The van der Waals surface area contributed by atoms with E-state index in [-0.39, 0.29) is 0 Å². The van der Waals surface area contributed by atoms with Crippen molar-refractivity contribution in [2.24, 2.45) is 5.41 Å². The number of likely N-dealkylation sites (N-methyl/N-ethyl adjacent to an activating group) is 1. The van der Waals surface area contributed by atoms with Crippen LogP contribution in [-0.4, -0.2) is 56.7 Å². The number of nitrogens with zero attached hydrogens (tertiary/aromatic N) is 1. The summed E-state index contributed by atoms with van der Waals surface area (Å²) in [4.78, 5) is 2.43. The molecule has 3 nitrogen and oxygen atoms in total. The molecule has 0 bridgehead atoms. The quantitative estimate of drug-likeness (QED) is 0.761. The Labute approximate surface area is 110 Å². The minimum atomic E-state index is 0.356. The molecule has 0 N–H and O–H groups in total. The highest BCUT2D eigenvalue weighted by atomic mass is 32.1. The molecule has 0 spiro atoms. The van der Waals surface area contributed by atoms with Crippen LogP contribution in [0.1, 0.15) is 25.7 Å².